The summed E-state index contributed by atoms with van der Waals surface area (Å²) in [7, 11) is 1.66. The number of carbonyl (C=O) groups excluding carboxylic acids is 1. The highest BCUT2D eigenvalue weighted by molar-refractivity contribution is 5.81. The first kappa shape index (κ1) is 24.4. The Morgan fingerprint density at radius 3 is 2.56 bits per heavy atom. The highest BCUT2D eigenvalue weighted by Gasteiger charge is 2.33. The molecule has 36 heavy (non-hydrogen) atoms. The quantitative estimate of drug-likeness (QED) is 0.536. The first-order chi connectivity index (χ1) is 17.5. The highest BCUT2D eigenvalue weighted by atomic mass is 19.1. The number of halogens is 1. The molecule has 2 aromatic rings. The number of likely N-dealkylation sites (tertiary alicyclic amines) is 1. The predicted molar refractivity (Wildman–Crippen MR) is 137 cm³/mol. The first-order valence-electron chi connectivity index (χ1n) is 12.5. The third kappa shape index (κ3) is 4.85. The zero-order chi connectivity index (χ0) is 25.2. The molecule has 6 nitrogen and oxygen atoms in total. The number of alkyl halides is 1. The summed E-state index contributed by atoms with van der Waals surface area (Å²) in [6, 6.07) is 13.9. The largest absolute Gasteiger partial charge is 0.497 e. The summed E-state index contributed by atoms with van der Waals surface area (Å²) in [6.45, 7) is 7.67. The van der Waals surface area contributed by atoms with Crippen LogP contribution in [0.2, 0.25) is 0 Å². The Labute approximate surface area is 211 Å². The molecule has 1 amide bonds. The van der Waals surface area contributed by atoms with E-state index < -0.39 is 0 Å². The summed E-state index contributed by atoms with van der Waals surface area (Å²) in [5.74, 6) is 2.64. The molecule has 2 aromatic carbocycles. The summed E-state index contributed by atoms with van der Waals surface area (Å²) < 4.78 is 30.6. The molecule has 1 saturated heterocycles. The van der Waals surface area contributed by atoms with E-state index in [2.05, 4.69) is 17.9 Å². The number of hydrogen-bond acceptors (Lipinski definition) is 5. The molecule has 0 radical (unpaired) electrons. The Balaban J connectivity index is 1.36. The van der Waals surface area contributed by atoms with Gasteiger partial charge in [-0.15, -0.1) is 0 Å². The van der Waals surface area contributed by atoms with Crippen molar-refractivity contribution in [3.8, 4) is 17.2 Å². The second-order valence-electron chi connectivity index (χ2n) is 9.72. The van der Waals surface area contributed by atoms with Gasteiger partial charge in [0.2, 0.25) is 5.91 Å². The SMILES string of the molecule is COc1ccc2c(c1)C(C)=C(C1=CCN(C(C)=O)C1)C(c1ccc(OCCN3CC(CF)C3)cc1)O2. The number of ether oxygens (including phenoxy) is 3. The van der Waals surface area contributed by atoms with Crippen molar-refractivity contribution in [3.05, 3.63) is 70.8 Å². The Kier molecular flexibility index (Phi) is 7.01. The smallest absolute Gasteiger partial charge is 0.220 e. The summed E-state index contributed by atoms with van der Waals surface area (Å²) in [5, 5.41) is 0. The molecule has 3 aliphatic heterocycles. The zero-order valence-corrected chi connectivity index (χ0v) is 21.1. The van der Waals surface area contributed by atoms with Gasteiger partial charge in [0.25, 0.3) is 0 Å². The molecule has 3 aliphatic rings. The number of benzene rings is 2. The van der Waals surface area contributed by atoms with Gasteiger partial charge in [-0.25, -0.2) is 0 Å². The topological polar surface area (TPSA) is 51.2 Å². The van der Waals surface area contributed by atoms with E-state index in [0.717, 1.165) is 64.7 Å². The van der Waals surface area contributed by atoms with Gasteiger partial charge in [0.05, 0.1) is 13.8 Å². The monoisotopic (exact) mass is 492 g/mol. The van der Waals surface area contributed by atoms with E-state index >= 15 is 0 Å². The minimum absolute atomic E-state index is 0.0646. The third-order valence-corrected chi connectivity index (χ3v) is 7.32. The van der Waals surface area contributed by atoms with Crippen molar-refractivity contribution < 1.29 is 23.4 Å². The molecule has 190 valence electrons. The maximum atomic E-state index is 12.6. The molecule has 3 heterocycles. The molecule has 0 spiro atoms. The molecule has 0 aliphatic carbocycles. The average Bonchev–Trinajstić information content (AvgIpc) is 3.36. The minimum atomic E-state index is -0.295. The molecule has 5 rings (SSSR count). The second kappa shape index (κ2) is 10.3. The van der Waals surface area contributed by atoms with Crippen molar-refractivity contribution in [2.24, 2.45) is 5.92 Å². The predicted octanol–water partition coefficient (Wildman–Crippen LogP) is 4.67. The number of nitrogens with zero attached hydrogens (tertiary/aromatic N) is 2. The standard InChI is InChI=1S/C29H33FN2O4/c1-19-26-14-25(34-3)8-9-27(26)36-29(28(19)23-10-11-32(18-23)20(2)33)22-4-6-24(7-5-22)35-13-12-31-16-21(15-30)17-31/h4-10,14,21,29H,11-13,15-18H2,1-3H3. The Morgan fingerprint density at radius 1 is 1.14 bits per heavy atom. The van der Waals surface area contributed by atoms with Crippen LogP contribution in [0.25, 0.3) is 5.57 Å². The summed E-state index contributed by atoms with van der Waals surface area (Å²) in [4.78, 5) is 16.0. The van der Waals surface area contributed by atoms with Crippen LogP contribution < -0.4 is 14.2 Å². The van der Waals surface area contributed by atoms with Crippen LogP contribution in [-0.2, 0) is 4.79 Å². The van der Waals surface area contributed by atoms with E-state index in [-0.39, 0.29) is 24.6 Å². The highest BCUT2D eigenvalue weighted by Crippen LogP contribution is 2.46. The molecular formula is C29H33FN2O4. The number of hydrogen-bond donors (Lipinski definition) is 0. The van der Waals surface area contributed by atoms with Crippen LogP contribution in [0.1, 0.15) is 31.1 Å². The van der Waals surface area contributed by atoms with E-state index in [9.17, 15) is 9.18 Å². The molecule has 7 heteroatoms. The third-order valence-electron chi connectivity index (χ3n) is 7.32. The summed E-state index contributed by atoms with van der Waals surface area (Å²) in [6.07, 6.45) is 1.83. The lowest BCUT2D eigenvalue weighted by atomic mass is 9.86. The molecule has 0 aromatic heterocycles. The van der Waals surface area contributed by atoms with Gasteiger partial charge >= 0.3 is 0 Å². The molecule has 1 atom stereocenters. The van der Waals surface area contributed by atoms with Gasteiger partial charge in [0, 0.05) is 56.7 Å². The van der Waals surface area contributed by atoms with Crippen LogP contribution in [0.4, 0.5) is 4.39 Å². The van der Waals surface area contributed by atoms with Crippen LogP contribution in [0, 0.1) is 5.92 Å². The number of carbonyl (C=O) groups is 1. The van der Waals surface area contributed by atoms with Gasteiger partial charge in [0.15, 0.2) is 0 Å². The minimum Gasteiger partial charge on any atom is -0.497 e. The van der Waals surface area contributed by atoms with E-state index in [1.165, 1.54) is 0 Å². The van der Waals surface area contributed by atoms with Crippen LogP contribution in [0.15, 0.2) is 59.7 Å². The fraction of sp³-hybridized carbons (Fsp3) is 0.414. The Bertz CT molecular complexity index is 1180. The summed E-state index contributed by atoms with van der Waals surface area (Å²) in [5.41, 5.74) is 5.35. The first-order valence-corrected chi connectivity index (χ1v) is 12.5. The van der Waals surface area contributed by atoms with Gasteiger partial charge in [-0.2, -0.15) is 0 Å². The fourth-order valence-corrected chi connectivity index (χ4v) is 5.18. The lowest BCUT2D eigenvalue weighted by Gasteiger charge is -2.37. The maximum absolute atomic E-state index is 12.6. The molecular weight excluding hydrogens is 459 g/mol. The lowest BCUT2D eigenvalue weighted by Crippen LogP contribution is -2.49. The number of methoxy groups -OCH3 is 1. The molecule has 0 bridgehead atoms. The molecule has 1 fully saturated rings. The number of fused-ring (bicyclic) bond motifs is 1. The van der Waals surface area contributed by atoms with E-state index in [4.69, 9.17) is 14.2 Å². The maximum Gasteiger partial charge on any atom is 0.220 e. The number of rotatable bonds is 8. The fourth-order valence-electron chi connectivity index (χ4n) is 5.18. The lowest BCUT2D eigenvalue weighted by molar-refractivity contribution is -0.127. The normalized spacial score (nSPS) is 19.9. The van der Waals surface area contributed by atoms with Gasteiger partial charge in [-0.3, -0.25) is 14.1 Å². The van der Waals surface area contributed by atoms with Crippen molar-refractivity contribution in [3.63, 3.8) is 0 Å². The molecule has 0 saturated carbocycles. The Hall–Kier alpha value is -3.32. The van der Waals surface area contributed by atoms with E-state index in [1.54, 1.807) is 14.0 Å². The van der Waals surface area contributed by atoms with Crippen molar-refractivity contribution in [2.75, 3.05) is 53.1 Å². The van der Waals surface area contributed by atoms with Crippen molar-refractivity contribution in [2.45, 2.75) is 20.0 Å². The van der Waals surface area contributed by atoms with Gasteiger partial charge in [-0.1, -0.05) is 18.2 Å². The summed E-state index contributed by atoms with van der Waals surface area (Å²) >= 11 is 0. The second-order valence-corrected chi connectivity index (χ2v) is 9.72. The number of amides is 1. The molecule has 1 unspecified atom stereocenters. The van der Waals surface area contributed by atoms with Gasteiger partial charge in [0.1, 0.15) is 30.0 Å². The average molecular weight is 493 g/mol. The van der Waals surface area contributed by atoms with Crippen molar-refractivity contribution >= 4 is 11.5 Å². The molecule has 0 N–H and O–H groups in total. The van der Waals surface area contributed by atoms with Crippen LogP contribution in [0.3, 0.4) is 0 Å². The van der Waals surface area contributed by atoms with Gasteiger partial charge in [-0.05, 0) is 54.0 Å². The van der Waals surface area contributed by atoms with E-state index in [0.29, 0.717) is 19.7 Å². The zero-order valence-electron chi connectivity index (χ0n) is 21.1. The van der Waals surface area contributed by atoms with Crippen molar-refractivity contribution in [1.82, 2.24) is 9.80 Å². The van der Waals surface area contributed by atoms with Crippen LogP contribution in [-0.4, -0.2) is 68.8 Å². The van der Waals surface area contributed by atoms with Crippen LogP contribution in [0.5, 0.6) is 17.2 Å². The van der Waals surface area contributed by atoms with Crippen molar-refractivity contribution in [1.29, 1.82) is 0 Å². The Morgan fingerprint density at radius 2 is 1.89 bits per heavy atom. The van der Waals surface area contributed by atoms with Gasteiger partial charge < -0.3 is 19.1 Å². The van der Waals surface area contributed by atoms with E-state index in [1.807, 2.05) is 47.4 Å². The number of allylic oxidation sites excluding steroid dienone is 1. The van der Waals surface area contributed by atoms with Crippen LogP contribution >= 0.6 is 0 Å².